The molecule has 2 aromatic rings. The van der Waals surface area contributed by atoms with E-state index in [1.165, 1.54) is 0 Å². The maximum Gasteiger partial charge on any atom is 0.587 e. The van der Waals surface area contributed by atoms with Gasteiger partial charge >= 0.3 is 7.82 Å². The molecule has 0 saturated heterocycles. The summed E-state index contributed by atoms with van der Waals surface area (Å²) in [6, 6.07) is 17.6. The van der Waals surface area contributed by atoms with E-state index in [1.807, 2.05) is 19.1 Å². The highest BCUT2D eigenvalue weighted by atomic mass is 31.2. The average molecular weight is 304 g/mol. The second kappa shape index (κ2) is 7.67. The van der Waals surface area contributed by atoms with Crippen LogP contribution in [0.2, 0.25) is 0 Å². The van der Waals surface area contributed by atoms with E-state index in [-0.39, 0.29) is 6.61 Å². The molecule has 110 valence electrons. The molecule has 0 aliphatic rings. The lowest BCUT2D eigenvalue weighted by Crippen LogP contribution is -2.05. The minimum atomic E-state index is -3.74. The molecule has 0 aliphatic heterocycles. The van der Waals surface area contributed by atoms with Gasteiger partial charge in [-0.05, 0) is 31.2 Å². The van der Waals surface area contributed by atoms with Gasteiger partial charge in [-0.3, -0.25) is 4.52 Å². The second-order valence-electron chi connectivity index (χ2n) is 4.12. The lowest BCUT2D eigenvalue weighted by atomic mass is 10.3. The molecule has 0 radical (unpaired) electrons. The van der Waals surface area contributed by atoms with Crippen LogP contribution in [0.3, 0.4) is 0 Å². The van der Waals surface area contributed by atoms with E-state index in [0.717, 1.165) is 0 Å². The van der Waals surface area contributed by atoms with Gasteiger partial charge in [-0.2, -0.15) is 0 Å². The van der Waals surface area contributed by atoms with Crippen LogP contribution in [-0.2, 0) is 9.09 Å². The maximum absolute atomic E-state index is 12.7. The van der Waals surface area contributed by atoms with Crippen molar-refractivity contribution in [2.45, 2.75) is 6.92 Å². The van der Waals surface area contributed by atoms with Crippen LogP contribution in [-0.4, -0.2) is 6.61 Å². The van der Waals surface area contributed by atoms with Gasteiger partial charge in [0.05, 0.1) is 6.61 Å². The molecule has 0 unspecified atom stereocenters. The van der Waals surface area contributed by atoms with Gasteiger partial charge in [0.2, 0.25) is 0 Å². The first kappa shape index (κ1) is 15.4. The van der Waals surface area contributed by atoms with Crippen molar-refractivity contribution in [1.82, 2.24) is 0 Å². The van der Waals surface area contributed by atoms with Crippen molar-refractivity contribution < 1.29 is 18.1 Å². The fourth-order valence-corrected chi connectivity index (χ4v) is 2.69. The van der Waals surface area contributed by atoms with Gasteiger partial charge in [-0.25, -0.2) is 4.57 Å². The van der Waals surface area contributed by atoms with Gasteiger partial charge in [-0.15, -0.1) is 0 Å². The Bertz CT molecular complexity index is 565. The van der Waals surface area contributed by atoms with Crippen molar-refractivity contribution in [1.29, 1.82) is 0 Å². The zero-order chi connectivity index (χ0) is 15.0. The first-order valence-electron chi connectivity index (χ1n) is 6.57. The summed E-state index contributed by atoms with van der Waals surface area (Å²) in [5.41, 5.74) is 0. The summed E-state index contributed by atoms with van der Waals surface area (Å²) in [4.78, 5) is 0. The maximum atomic E-state index is 12.7. The summed E-state index contributed by atoms with van der Waals surface area (Å²) < 4.78 is 28.9. The van der Waals surface area contributed by atoms with E-state index in [0.29, 0.717) is 11.5 Å². The fourth-order valence-electron chi connectivity index (χ4n) is 1.52. The number of rotatable bonds is 7. The molecule has 0 aromatic heterocycles. The summed E-state index contributed by atoms with van der Waals surface area (Å²) in [5.74, 6) is 0.856. The summed E-state index contributed by atoms with van der Waals surface area (Å²) >= 11 is 0. The Labute approximate surface area is 124 Å². The zero-order valence-corrected chi connectivity index (χ0v) is 12.6. The van der Waals surface area contributed by atoms with Crippen LogP contribution in [0.4, 0.5) is 0 Å². The van der Waals surface area contributed by atoms with E-state index < -0.39 is 7.82 Å². The molecule has 21 heavy (non-hydrogen) atoms. The molecular weight excluding hydrogens is 287 g/mol. The Hall–Kier alpha value is -2.03. The minimum Gasteiger partial charge on any atom is -0.395 e. The molecule has 0 fully saturated rings. The van der Waals surface area contributed by atoms with E-state index >= 15 is 0 Å². The zero-order valence-electron chi connectivity index (χ0n) is 11.7. The van der Waals surface area contributed by atoms with E-state index in [4.69, 9.17) is 13.6 Å². The van der Waals surface area contributed by atoms with Gasteiger partial charge in [-0.1, -0.05) is 48.6 Å². The molecule has 2 rings (SSSR count). The van der Waals surface area contributed by atoms with Crippen LogP contribution < -0.4 is 9.05 Å². The Kier molecular flexibility index (Phi) is 5.61. The monoisotopic (exact) mass is 304 g/mol. The van der Waals surface area contributed by atoms with Crippen LogP contribution in [0.15, 0.2) is 72.8 Å². The number of phosphoric acid groups is 1. The Morgan fingerprint density at radius 2 is 1.38 bits per heavy atom. The Morgan fingerprint density at radius 1 is 0.905 bits per heavy atom. The van der Waals surface area contributed by atoms with E-state index in [1.54, 1.807) is 60.7 Å². The van der Waals surface area contributed by atoms with E-state index in [2.05, 4.69) is 0 Å². The molecule has 0 N–H and O–H groups in total. The first-order valence-corrected chi connectivity index (χ1v) is 8.03. The third-order valence-corrected chi connectivity index (χ3v) is 3.82. The summed E-state index contributed by atoms with van der Waals surface area (Å²) in [5, 5.41) is 0. The SMILES string of the molecule is C/C=C/COP(=O)(Oc1ccccc1)Oc1ccccc1. The lowest BCUT2D eigenvalue weighted by Gasteiger charge is -2.18. The van der Waals surface area contributed by atoms with Gasteiger partial charge in [0.25, 0.3) is 0 Å². The number of benzene rings is 2. The lowest BCUT2D eigenvalue weighted by molar-refractivity contribution is 0.229. The molecule has 2 aromatic carbocycles. The summed E-state index contributed by atoms with van der Waals surface area (Å²) in [6.45, 7) is 2.00. The molecule has 0 bridgehead atoms. The third-order valence-electron chi connectivity index (χ3n) is 2.49. The highest BCUT2D eigenvalue weighted by Crippen LogP contribution is 2.49. The van der Waals surface area contributed by atoms with Crippen molar-refractivity contribution in [3.05, 3.63) is 72.8 Å². The van der Waals surface area contributed by atoms with Gasteiger partial charge in [0, 0.05) is 0 Å². The molecule has 0 heterocycles. The molecule has 5 heteroatoms. The van der Waals surface area contributed by atoms with Crippen LogP contribution in [0.1, 0.15) is 6.92 Å². The number of phosphoric ester groups is 1. The van der Waals surface area contributed by atoms with Crippen molar-refractivity contribution in [2.75, 3.05) is 6.61 Å². The predicted octanol–water partition coefficient (Wildman–Crippen LogP) is 4.85. The molecule has 4 nitrogen and oxygen atoms in total. The number of para-hydroxylation sites is 2. The van der Waals surface area contributed by atoms with Crippen LogP contribution in [0.25, 0.3) is 0 Å². The average Bonchev–Trinajstić information content (AvgIpc) is 2.49. The first-order chi connectivity index (χ1) is 10.2. The minimum absolute atomic E-state index is 0.146. The molecule has 0 saturated carbocycles. The molecule has 0 amide bonds. The standard InChI is InChI=1S/C16H17O4P/c1-2-3-14-18-21(17,19-15-10-6-4-7-11-15)20-16-12-8-5-9-13-16/h2-13H,14H2,1H3/b3-2+. The van der Waals surface area contributed by atoms with Crippen molar-refractivity contribution in [3.63, 3.8) is 0 Å². The van der Waals surface area contributed by atoms with Crippen molar-refractivity contribution >= 4 is 7.82 Å². The van der Waals surface area contributed by atoms with Crippen molar-refractivity contribution in [2.24, 2.45) is 0 Å². The molecule has 0 atom stereocenters. The topological polar surface area (TPSA) is 44.8 Å². The van der Waals surface area contributed by atoms with Crippen LogP contribution in [0, 0.1) is 0 Å². The molecule has 0 spiro atoms. The summed E-state index contributed by atoms with van der Waals surface area (Å²) in [6.07, 6.45) is 3.53. The highest BCUT2D eigenvalue weighted by Gasteiger charge is 2.30. The summed E-state index contributed by atoms with van der Waals surface area (Å²) in [7, 11) is -3.74. The molecule has 0 aliphatic carbocycles. The van der Waals surface area contributed by atoms with Crippen LogP contribution >= 0.6 is 7.82 Å². The van der Waals surface area contributed by atoms with E-state index in [9.17, 15) is 4.57 Å². The van der Waals surface area contributed by atoms with Crippen LogP contribution in [0.5, 0.6) is 11.5 Å². The quantitative estimate of drug-likeness (QED) is 0.542. The van der Waals surface area contributed by atoms with Gasteiger partial charge < -0.3 is 9.05 Å². The van der Waals surface area contributed by atoms with Gasteiger partial charge in [0.1, 0.15) is 11.5 Å². The normalized spacial score (nSPS) is 11.5. The van der Waals surface area contributed by atoms with Crippen molar-refractivity contribution in [3.8, 4) is 11.5 Å². The highest BCUT2D eigenvalue weighted by molar-refractivity contribution is 7.49. The Morgan fingerprint density at radius 3 is 1.81 bits per heavy atom. The molecular formula is C16H17O4P. The Balaban J connectivity index is 2.15. The number of hydrogen-bond acceptors (Lipinski definition) is 4. The number of allylic oxidation sites excluding steroid dienone is 1. The largest absolute Gasteiger partial charge is 0.587 e. The van der Waals surface area contributed by atoms with Gasteiger partial charge in [0.15, 0.2) is 0 Å². The smallest absolute Gasteiger partial charge is 0.395 e. The number of hydrogen-bond donors (Lipinski definition) is 0. The predicted molar refractivity (Wildman–Crippen MR) is 82.5 cm³/mol. The third kappa shape index (κ3) is 5.10. The second-order valence-corrected chi connectivity index (χ2v) is 5.64. The fraction of sp³-hybridized carbons (Fsp3) is 0.125.